The van der Waals surface area contributed by atoms with E-state index in [1.165, 1.54) is 4.68 Å². The molecule has 1 fully saturated rings. The van der Waals surface area contributed by atoms with E-state index in [2.05, 4.69) is 15.7 Å². The molecular weight excluding hydrogens is 308 g/mol. The van der Waals surface area contributed by atoms with Crippen LogP contribution in [-0.4, -0.2) is 41.4 Å². The molecule has 0 spiro atoms. The summed E-state index contributed by atoms with van der Waals surface area (Å²) in [6.45, 7) is 7.65. The number of amides is 1. The average molecular weight is 336 g/mol. The topological polar surface area (TPSA) is 85.2 Å². The first kappa shape index (κ1) is 18.4. The van der Waals surface area contributed by atoms with E-state index in [0.29, 0.717) is 24.6 Å². The van der Waals surface area contributed by atoms with Gasteiger partial charge in [0.15, 0.2) is 5.54 Å². The van der Waals surface area contributed by atoms with Crippen LogP contribution in [0.3, 0.4) is 0 Å². The van der Waals surface area contributed by atoms with Crippen molar-refractivity contribution < 1.29 is 14.3 Å². The molecule has 7 heteroatoms. The maximum atomic E-state index is 12.1. The summed E-state index contributed by atoms with van der Waals surface area (Å²) in [5.74, 6) is 0.265. The fourth-order valence-corrected chi connectivity index (χ4v) is 2.82. The predicted octanol–water partition coefficient (Wildman–Crippen LogP) is 1.90. The molecule has 1 saturated heterocycles. The SMILES string of the molecule is CCOC(=O)C(C)(C)n1cc(NC(=O)CCC2CCNCC2)cn1. The number of carbonyl (C=O) groups excluding carboxylic acids is 2. The molecule has 0 aliphatic carbocycles. The van der Waals surface area contributed by atoms with Crippen molar-refractivity contribution in [1.29, 1.82) is 0 Å². The number of piperidine rings is 1. The molecule has 134 valence electrons. The van der Waals surface area contributed by atoms with Gasteiger partial charge < -0.3 is 15.4 Å². The molecule has 7 nitrogen and oxygen atoms in total. The third kappa shape index (κ3) is 4.80. The lowest BCUT2D eigenvalue weighted by atomic mass is 9.93. The number of rotatable bonds is 7. The van der Waals surface area contributed by atoms with Crippen molar-refractivity contribution in [3.05, 3.63) is 12.4 Å². The van der Waals surface area contributed by atoms with Crippen LogP contribution in [0.1, 0.15) is 46.5 Å². The van der Waals surface area contributed by atoms with Gasteiger partial charge >= 0.3 is 5.97 Å². The first-order valence-electron chi connectivity index (χ1n) is 8.66. The zero-order valence-electron chi connectivity index (χ0n) is 14.8. The van der Waals surface area contributed by atoms with Crippen LogP contribution < -0.4 is 10.6 Å². The quantitative estimate of drug-likeness (QED) is 0.743. The highest BCUT2D eigenvalue weighted by Gasteiger charge is 2.32. The van der Waals surface area contributed by atoms with Gasteiger partial charge in [0.2, 0.25) is 5.91 Å². The minimum atomic E-state index is -0.909. The first-order chi connectivity index (χ1) is 11.4. The Kier molecular flexibility index (Phi) is 6.36. The Morgan fingerprint density at radius 2 is 2.12 bits per heavy atom. The number of hydrogen-bond donors (Lipinski definition) is 2. The van der Waals surface area contributed by atoms with Gasteiger partial charge in [0, 0.05) is 12.6 Å². The largest absolute Gasteiger partial charge is 0.464 e. The summed E-state index contributed by atoms with van der Waals surface area (Å²) in [7, 11) is 0. The van der Waals surface area contributed by atoms with Crippen LogP contribution in [0.2, 0.25) is 0 Å². The van der Waals surface area contributed by atoms with Crippen LogP contribution in [-0.2, 0) is 19.9 Å². The first-order valence-corrected chi connectivity index (χ1v) is 8.66. The Morgan fingerprint density at radius 1 is 1.42 bits per heavy atom. The van der Waals surface area contributed by atoms with E-state index in [1.807, 2.05) is 0 Å². The van der Waals surface area contributed by atoms with Crippen molar-refractivity contribution in [2.24, 2.45) is 5.92 Å². The lowest BCUT2D eigenvalue weighted by Crippen LogP contribution is -2.37. The Hall–Kier alpha value is -1.89. The van der Waals surface area contributed by atoms with Crippen LogP contribution >= 0.6 is 0 Å². The fraction of sp³-hybridized carbons (Fsp3) is 0.706. The highest BCUT2D eigenvalue weighted by atomic mass is 16.5. The van der Waals surface area contributed by atoms with E-state index in [4.69, 9.17) is 4.74 Å². The van der Waals surface area contributed by atoms with Gasteiger partial charge in [-0.05, 0) is 59.0 Å². The van der Waals surface area contributed by atoms with Gasteiger partial charge in [0.1, 0.15) is 0 Å². The molecule has 2 N–H and O–H groups in total. The number of esters is 1. The smallest absolute Gasteiger partial charge is 0.333 e. The molecule has 0 radical (unpaired) electrons. The van der Waals surface area contributed by atoms with Gasteiger partial charge in [0.25, 0.3) is 0 Å². The number of hydrogen-bond acceptors (Lipinski definition) is 5. The molecule has 1 aromatic rings. The van der Waals surface area contributed by atoms with Gasteiger partial charge in [-0.2, -0.15) is 5.10 Å². The van der Waals surface area contributed by atoms with Gasteiger partial charge in [0.05, 0.1) is 18.5 Å². The molecule has 0 aromatic carbocycles. The minimum absolute atomic E-state index is 0.0120. The molecule has 1 aliphatic heterocycles. The molecule has 1 amide bonds. The van der Waals surface area contributed by atoms with Crippen molar-refractivity contribution >= 4 is 17.6 Å². The minimum Gasteiger partial charge on any atom is -0.464 e. The number of anilines is 1. The van der Waals surface area contributed by atoms with Crippen LogP contribution in [0.25, 0.3) is 0 Å². The lowest BCUT2D eigenvalue weighted by Gasteiger charge is -2.22. The molecule has 2 heterocycles. The molecular formula is C17H28N4O3. The van der Waals surface area contributed by atoms with E-state index in [0.717, 1.165) is 32.4 Å². The molecule has 0 bridgehead atoms. The summed E-state index contributed by atoms with van der Waals surface area (Å²) in [4.78, 5) is 24.1. The maximum Gasteiger partial charge on any atom is 0.333 e. The Morgan fingerprint density at radius 3 is 2.79 bits per heavy atom. The summed E-state index contributed by atoms with van der Waals surface area (Å²) >= 11 is 0. The zero-order chi connectivity index (χ0) is 17.6. The third-order valence-electron chi connectivity index (χ3n) is 4.45. The lowest BCUT2D eigenvalue weighted by molar-refractivity contribution is -0.152. The molecule has 1 aromatic heterocycles. The monoisotopic (exact) mass is 336 g/mol. The average Bonchev–Trinajstić information content (AvgIpc) is 3.03. The van der Waals surface area contributed by atoms with Crippen molar-refractivity contribution in [3.63, 3.8) is 0 Å². The van der Waals surface area contributed by atoms with Gasteiger partial charge in [-0.15, -0.1) is 0 Å². The van der Waals surface area contributed by atoms with Crippen molar-refractivity contribution in [2.45, 2.75) is 52.0 Å². The van der Waals surface area contributed by atoms with Crippen molar-refractivity contribution in [1.82, 2.24) is 15.1 Å². The normalized spacial score (nSPS) is 16.0. The van der Waals surface area contributed by atoms with Crippen molar-refractivity contribution in [3.8, 4) is 0 Å². The number of nitrogens with zero attached hydrogens (tertiary/aromatic N) is 2. The molecule has 24 heavy (non-hydrogen) atoms. The highest BCUT2D eigenvalue weighted by molar-refractivity contribution is 5.90. The number of aromatic nitrogens is 2. The molecule has 1 aliphatic rings. The summed E-state index contributed by atoms with van der Waals surface area (Å²) in [6.07, 6.45) is 6.92. The van der Waals surface area contributed by atoms with E-state index in [-0.39, 0.29) is 11.9 Å². The van der Waals surface area contributed by atoms with Crippen LogP contribution in [0.4, 0.5) is 5.69 Å². The van der Waals surface area contributed by atoms with Crippen LogP contribution in [0.15, 0.2) is 12.4 Å². The highest BCUT2D eigenvalue weighted by Crippen LogP contribution is 2.20. The second kappa shape index (κ2) is 8.28. The summed E-state index contributed by atoms with van der Waals surface area (Å²) in [5.41, 5.74) is -0.309. The fourth-order valence-electron chi connectivity index (χ4n) is 2.82. The number of carbonyl (C=O) groups is 2. The molecule has 0 atom stereocenters. The molecule has 2 rings (SSSR count). The van der Waals surface area contributed by atoms with E-state index in [9.17, 15) is 9.59 Å². The summed E-state index contributed by atoms with van der Waals surface area (Å²) in [6, 6.07) is 0. The third-order valence-corrected chi connectivity index (χ3v) is 4.45. The Bertz CT molecular complexity index is 562. The van der Waals surface area contributed by atoms with E-state index < -0.39 is 5.54 Å². The Balaban J connectivity index is 1.86. The maximum absolute atomic E-state index is 12.1. The molecule has 0 saturated carbocycles. The van der Waals surface area contributed by atoms with Crippen molar-refractivity contribution in [2.75, 3.05) is 25.0 Å². The van der Waals surface area contributed by atoms with E-state index in [1.54, 1.807) is 33.2 Å². The second-order valence-corrected chi connectivity index (χ2v) is 6.73. The molecule has 0 unspecified atom stereocenters. The van der Waals surface area contributed by atoms with Gasteiger partial charge in [-0.3, -0.25) is 9.48 Å². The van der Waals surface area contributed by atoms with E-state index >= 15 is 0 Å². The summed E-state index contributed by atoms with van der Waals surface area (Å²) in [5, 5.41) is 10.4. The van der Waals surface area contributed by atoms with Crippen LogP contribution in [0, 0.1) is 5.92 Å². The van der Waals surface area contributed by atoms with Crippen LogP contribution in [0.5, 0.6) is 0 Å². The standard InChI is InChI=1S/C17H28N4O3/c1-4-24-16(23)17(2,3)21-12-14(11-19-21)20-15(22)6-5-13-7-9-18-10-8-13/h11-13,18H,4-10H2,1-3H3,(H,20,22). The van der Waals surface area contributed by atoms with Gasteiger partial charge in [-0.1, -0.05) is 0 Å². The Labute approximate surface area is 143 Å². The number of ether oxygens (including phenoxy) is 1. The predicted molar refractivity (Wildman–Crippen MR) is 91.6 cm³/mol. The number of nitrogens with one attached hydrogen (secondary N) is 2. The zero-order valence-corrected chi connectivity index (χ0v) is 14.8. The van der Waals surface area contributed by atoms with Gasteiger partial charge in [-0.25, -0.2) is 4.79 Å². The second-order valence-electron chi connectivity index (χ2n) is 6.73. The summed E-state index contributed by atoms with van der Waals surface area (Å²) < 4.78 is 6.59.